The SMILES string of the molecule is Fc1ccc(Br)cc1C1(C(F)(F)F)COC(=S)CN1. The first-order valence-corrected chi connectivity index (χ1v) is 6.39. The molecule has 0 amide bonds. The quantitative estimate of drug-likeness (QED) is 0.615. The zero-order valence-corrected chi connectivity index (χ0v) is 11.8. The maximum atomic E-state index is 13.8. The number of nitrogens with one attached hydrogen (secondary N) is 1. The molecule has 8 heteroatoms. The van der Waals surface area contributed by atoms with Crippen LogP contribution in [-0.4, -0.2) is 24.4 Å². The van der Waals surface area contributed by atoms with E-state index in [1.165, 1.54) is 6.07 Å². The second-order valence-electron chi connectivity index (χ2n) is 4.04. The molecule has 1 aromatic carbocycles. The lowest BCUT2D eigenvalue weighted by atomic mass is 9.88. The van der Waals surface area contributed by atoms with Gasteiger partial charge in [-0.05, 0) is 30.4 Å². The topological polar surface area (TPSA) is 21.3 Å². The van der Waals surface area contributed by atoms with Gasteiger partial charge in [0.05, 0.1) is 6.54 Å². The maximum absolute atomic E-state index is 13.8. The highest BCUT2D eigenvalue weighted by Crippen LogP contribution is 2.42. The third-order valence-corrected chi connectivity index (χ3v) is 3.61. The van der Waals surface area contributed by atoms with Crippen molar-refractivity contribution in [2.24, 2.45) is 0 Å². The number of thiocarbonyl (C=S) groups is 1. The smallest absolute Gasteiger partial charge is 0.414 e. The molecule has 0 aromatic heterocycles. The molecule has 1 saturated heterocycles. The first-order valence-electron chi connectivity index (χ1n) is 5.19. The van der Waals surface area contributed by atoms with Gasteiger partial charge in [0, 0.05) is 10.0 Å². The number of hydrogen-bond donors (Lipinski definition) is 1. The van der Waals surface area contributed by atoms with Crippen molar-refractivity contribution in [2.45, 2.75) is 11.7 Å². The largest absolute Gasteiger partial charge is 0.483 e. The van der Waals surface area contributed by atoms with Gasteiger partial charge in [-0.1, -0.05) is 15.9 Å². The van der Waals surface area contributed by atoms with E-state index >= 15 is 0 Å². The van der Waals surface area contributed by atoms with Crippen molar-refractivity contribution in [2.75, 3.05) is 13.2 Å². The fraction of sp³-hybridized carbons (Fsp3) is 0.364. The van der Waals surface area contributed by atoms with Crippen LogP contribution < -0.4 is 5.32 Å². The number of morpholine rings is 1. The Morgan fingerprint density at radius 1 is 1.37 bits per heavy atom. The van der Waals surface area contributed by atoms with E-state index < -0.39 is 29.7 Å². The molecular formula is C11H8BrF4NOS. The molecule has 1 aliphatic rings. The molecule has 1 heterocycles. The molecule has 2 rings (SSSR count). The van der Waals surface area contributed by atoms with Crippen molar-refractivity contribution in [3.05, 3.63) is 34.1 Å². The van der Waals surface area contributed by atoms with Crippen LogP contribution in [0.25, 0.3) is 0 Å². The fourth-order valence-electron chi connectivity index (χ4n) is 1.85. The number of rotatable bonds is 1. The minimum atomic E-state index is -4.72. The molecule has 19 heavy (non-hydrogen) atoms. The normalized spacial score (nSPS) is 24.2. The fourth-order valence-corrected chi connectivity index (χ4v) is 2.34. The minimum Gasteiger partial charge on any atom is -0.483 e. The minimum absolute atomic E-state index is 0.0234. The van der Waals surface area contributed by atoms with Gasteiger partial charge in [0.25, 0.3) is 0 Å². The van der Waals surface area contributed by atoms with Gasteiger partial charge in [0.1, 0.15) is 12.4 Å². The highest BCUT2D eigenvalue weighted by Gasteiger charge is 2.59. The monoisotopic (exact) mass is 357 g/mol. The molecule has 2 nitrogen and oxygen atoms in total. The Kier molecular flexibility index (Phi) is 3.85. The maximum Gasteiger partial charge on any atom is 0.414 e. The van der Waals surface area contributed by atoms with Crippen LogP contribution in [0.4, 0.5) is 17.6 Å². The average molecular weight is 358 g/mol. The summed E-state index contributed by atoms with van der Waals surface area (Å²) in [4.78, 5) is 0. The Labute approximate surface area is 120 Å². The molecule has 104 valence electrons. The van der Waals surface area contributed by atoms with Crippen LogP contribution in [0, 0.1) is 5.82 Å². The molecule has 1 fully saturated rings. The van der Waals surface area contributed by atoms with Crippen LogP contribution in [0.5, 0.6) is 0 Å². The zero-order chi connectivity index (χ0) is 14.3. The summed E-state index contributed by atoms with van der Waals surface area (Å²) in [6.07, 6.45) is -4.72. The van der Waals surface area contributed by atoms with Crippen molar-refractivity contribution < 1.29 is 22.3 Å². The average Bonchev–Trinajstić information content (AvgIpc) is 2.32. The lowest BCUT2D eigenvalue weighted by Crippen LogP contribution is -2.62. The standard InChI is InChI=1S/C11H8BrF4NOS/c12-6-1-2-8(13)7(3-6)10(11(14,15)16)5-18-9(19)4-17-10/h1-3,17H,4-5H2. The highest BCUT2D eigenvalue weighted by atomic mass is 79.9. The van der Waals surface area contributed by atoms with Gasteiger partial charge in [0.15, 0.2) is 10.6 Å². The second kappa shape index (κ2) is 4.99. The summed E-state index contributed by atoms with van der Waals surface area (Å²) in [6.45, 7) is -1.05. The summed E-state index contributed by atoms with van der Waals surface area (Å²) in [6, 6.07) is 3.40. The molecule has 1 unspecified atom stereocenters. The second-order valence-corrected chi connectivity index (χ2v) is 5.41. The lowest BCUT2D eigenvalue weighted by Gasteiger charge is -2.40. The summed E-state index contributed by atoms with van der Waals surface area (Å²) in [5.74, 6) is -0.954. The molecular weight excluding hydrogens is 350 g/mol. The summed E-state index contributed by atoms with van der Waals surface area (Å²) in [5.41, 5.74) is -3.11. The van der Waals surface area contributed by atoms with E-state index in [4.69, 9.17) is 4.74 Å². The number of hydrogen-bond acceptors (Lipinski definition) is 3. The third-order valence-electron chi connectivity index (χ3n) is 2.86. The zero-order valence-electron chi connectivity index (χ0n) is 9.35. The summed E-state index contributed by atoms with van der Waals surface area (Å²) in [5, 5.41) is 2.28. The van der Waals surface area contributed by atoms with Crippen LogP contribution in [0.1, 0.15) is 5.56 Å². The number of halogens is 5. The van der Waals surface area contributed by atoms with Gasteiger partial charge in [-0.3, -0.25) is 5.32 Å². The molecule has 1 atom stereocenters. The van der Waals surface area contributed by atoms with Gasteiger partial charge in [-0.25, -0.2) is 4.39 Å². The molecule has 0 radical (unpaired) electrons. The molecule has 0 bridgehead atoms. The Morgan fingerprint density at radius 2 is 2.05 bits per heavy atom. The van der Waals surface area contributed by atoms with Crippen molar-refractivity contribution in [1.29, 1.82) is 0 Å². The third kappa shape index (κ3) is 2.61. The number of ether oxygens (including phenoxy) is 1. The first-order chi connectivity index (χ1) is 8.76. The van der Waals surface area contributed by atoms with E-state index in [2.05, 4.69) is 33.5 Å². The van der Waals surface area contributed by atoms with Crippen molar-refractivity contribution in [3.8, 4) is 0 Å². The van der Waals surface area contributed by atoms with Crippen LogP contribution in [0.15, 0.2) is 22.7 Å². The van der Waals surface area contributed by atoms with Gasteiger partial charge in [-0.2, -0.15) is 13.2 Å². The summed E-state index contributed by atoms with van der Waals surface area (Å²) < 4.78 is 59.0. The number of benzene rings is 1. The Morgan fingerprint density at radius 3 is 2.58 bits per heavy atom. The van der Waals surface area contributed by atoms with E-state index in [-0.39, 0.29) is 11.6 Å². The van der Waals surface area contributed by atoms with Crippen LogP contribution >= 0.6 is 28.1 Å². The van der Waals surface area contributed by atoms with Gasteiger partial charge in [0.2, 0.25) is 0 Å². The van der Waals surface area contributed by atoms with Gasteiger partial charge < -0.3 is 4.74 Å². The Balaban J connectivity index is 2.55. The van der Waals surface area contributed by atoms with Crippen molar-refractivity contribution >= 4 is 33.2 Å². The van der Waals surface area contributed by atoms with E-state index in [9.17, 15) is 17.6 Å². The Bertz CT molecular complexity index is 510. The van der Waals surface area contributed by atoms with E-state index in [0.29, 0.717) is 4.47 Å². The van der Waals surface area contributed by atoms with E-state index in [0.717, 1.165) is 12.1 Å². The summed E-state index contributed by atoms with van der Waals surface area (Å²) >= 11 is 7.72. The molecule has 0 saturated carbocycles. The molecule has 1 aromatic rings. The summed E-state index contributed by atoms with van der Waals surface area (Å²) in [7, 11) is 0. The molecule has 1 aliphatic heterocycles. The number of alkyl halides is 3. The predicted octanol–water partition coefficient (Wildman–Crippen LogP) is 3.29. The van der Waals surface area contributed by atoms with E-state index in [1.807, 2.05) is 0 Å². The first kappa shape index (κ1) is 14.7. The highest BCUT2D eigenvalue weighted by molar-refractivity contribution is 9.10. The van der Waals surface area contributed by atoms with Crippen molar-refractivity contribution in [3.63, 3.8) is 0 Å². The molecule has 0 spiro atoms. The van der Waals surface area contributed by atoms with Crippen LogP contribution in [-0.2, 0) is 10.3 Å². The lowest BCUT2D eigenvalue weighted by molar-refractivity contribution is -0.214. The predicted molar refractivity (Wildman–Crippen MR) is 68.4 cm³/mol. The van der Waals surface area contributed by atoms with Crippen LogP contribution in [0.2, 0.25) is 0 Å². The van der Waals surface area contributed by atoms with Gasteiger partial charge >= 0.3 is 6.18 Å². The molecule has 0 aliphatic carbocycles. The van der Waals surface area contributed by atoms with Gasteiger partial charge in [-0.15, -0.1) is 0 Å². The van der Waals surface area contributed by atoms with Crippen LogP contribution in [0.3, 0.4) is 0 Å². The molecule has 1 N–H and O–H groups in total. The Hall–Kier alpha value is -0.730. The van der Waals surface area contributed by atoms with E-state index in [1.54, 1.807) is 0 Å². The van der Waals surface area contributed by atoms with Crippen molar-refractivity contribution in [1.82, 2.24) is 5.32 Å².